The van der Waals surface area contributed by atoms with Gasteiger partial charge in [-0.3, -0.25) is 4.79 Å². The second-order valence-electron chi connectivity index (χ2n) is 5.42. The van der Waals surface area contributed by atoms with E-state index in [4.69, 9.17) is 5.73 Å². The first-order valence-electron chi connectivity index (χ1n) is 7.04. The van der Waals surface area contributed by atoms with Gasteiger partial charge in [-0.15, -0.1) is 0 Å². The molecule has 3 nitrogen and oxygen atoms in total. The van der Waals surface area contributed by atoms with E-state index in [1.807, 2.05) is 53.4 Å². The summed E-state index contributed by atoms with van der Waals surface area (Å²) in [5.41, 5.74) is 8.35. The van der Waals surface area contributed by atoms with E-state index in [2.05, 4.69) is 22.6 Å². The van der Waals surface area contributed by atoms with Gasteiger partial charge in [-0.1, -0.05) is 18.2 Å². The lowest BCUT2D eigenvalue weighted by atomic mass is 10.1. The second-order valence-corrected chi connectivity index (χ2v) is 6.66. The Balaban J connectivity index is 1.81. The van der Waals surface area contributed by atoms with E-state index < -0.39 is 0 Å². The zero-order chi connectivity index (χ0) is 14.8. The molecule has 1 saturated carbocycles. The van der Waals surface area contributed by atoms with Crippen LogP contribution >= 0.6 is 22.6 Å². The Labute approximate surface area is 138 Å². The van der Waals surface area contributed by atoms with Crippen LogP contribution in [-0.2, 0) is 6.54 Å². The molecule has 0 radical (unpaired) electrons. The van der Waals surface area contributed by atoms with Crippen LogP contribution in [0.15, 0.2) is 48.5 Å². The molecule has 3 rings (SSSR count). The van der Waals surface area contributed by atoms with Crippen molar-refractivity contribution >= 4 is 34.2 Å². The van der Waals surface area contributed by atoms with Gasteiger partial charge in [0.25, 0.3) is 5.91 Å². The largest absolute Gasteiger partial charge is 0.399 e. The molecule has 0 bridgehead atoms. The monoisotopic (exact) mass is 392 g/mol. The van der Waals surface area contributed by atoms with E-state index in [0.717, 1.165) is 33.2 Å². The van der Waals surface area contributed by atoms with Crippen molar-refractivity contribution in [2.24, 2.45) is 0 Å². The fourth-order valence-corrected chi connectivity index (χ4v) is 2.90. The van der Waals surface area contributed by atoms with Crippen LogP contribution in [0.4, 0.5) is 5.69 Å². The average molecular weight is 392 g/mol. The molecule has 0 aromatic heterocycles. The number of nitrogens with zero attached hydrogens (tertiary/aromatic N) is 1. The van der Waals surface area contributed by atoms with Crippen LogP contribution in [-0.4, -0.2) is 16.8 Å². The molecule has 0 aliphatic heterocycles. The molecule has 108 valence electrons. The van der Waals surface area contributed by atoms with E-state index in [9.17, 15) is 4.79 Å². The smallest absolute Gasteiger partial charge is 0.254 e. The Hall–Kier alpha value is -1.56. The van der Waals surface area contributed by atoms with Crippen molar-refractivity contribution in [3.8, 4) is 0 Å². The molecule has 2 aromatic rings. The van der Waals surface area contributed by atoms with Crippen molar-refractivity contribution in [3.63, 3.8) is 0 Å². The lowest BCUT2D eigenvalue weighted by Crippen LogP contribution is -2.32. The Bertz CT molecular complexity index is 650. The minimum Gasteiger partial charge on any atom is -0.399 e. The Kier molecular flexibility index (Phi) is 4.14. The molecule has 21 heavy (non-hydrogen) atoms. The van der Waals surface area contributed by atoms with Gasteiger partial charge in [0.05, 0.1) is 0 Å². The summed E-state index contributed by atoms with van der Waals surface area (Å²) in [6.45, 7) is 0.648. The fourth-order valence-electron chi connectivity index (χ4n) is 2.36. The van der Waals surface area contributed by atoms with Gasteiger partial charge in [0.15, 0.2) is 0 Å². The van der Waals surface area contributed by atoms with Crippen LogP contribution in [0.2, 0.25) is 0 Å². The van der Waals surface area contributed by atoms with Gasteiger partial charge in [-0.05, 0) is 71.3 Å². The minimum absolute atomic E-state index is 0.118. The third kappa shape index (κ3) is 3.56. The molecule has 2 aromatic carbocycles. The number of carbonyl (C=O) groups is 1. The van der Waals surface area contributed by atoms with Gasteiger partial charge in [-0.25, -0.2) is 0 Å². The number of nitrogens with two attached hydrogens (primary N) is 1. The van der Waals surface area contributed by atoms with Crippen LogP contribution in [0.1, 0.15) is 28.8 Å². The predicted molar refractivity (Wildman–Crippen MR) is 92.9 cm³/mol. The third-order valence-electron chi connectivity index (χ3n) is 3.65. The third-order valence-corrected chi connectivity index (χ3v) is 4.32. The van der Waals surface area contributed by atoms with Crippen molar-refractivity contribution in [3.05, 3.63) is 63.2 Å². The van der Waals surface area contributed by atoms with E-state index >= 15 is 0 Å². The van der Waals surface area contributed by atoms with Crippen molar-refractivity contribution < 1.29 is 4.79 Å². The summed E-state index contributed by atoms with van der Waals surface area (Å²) in [4.78, 5) is 14.7. The number of halogens is 1. The molecular formula is C17H17IN2O. The van der Waals surface area contributed by atoms with E-state index in [1.54, 1.807) is 0 Å². The normalized spacial score (nSPS) is 14.0. The van der Waals surface area contributed by atoms with Crippen molar-refractivity contribution in [1.29, 1.82) is 0 Å². The Morgan fingerprint density at radius 3 is 2.52 bits per heavy atom. The molecule has 0 spiro atoms. The van der Waals surface area contributed by atoms with Crippen LogP contribution in [0.5, 0.6) is 0 Å². The molecule has 4 heteroatoms. The highest BCUT2D eigenvalue weighted by atomic mass is 127. The number of benzene rings is 2. The maximum Gasteiger partial charge on any atom is 0.254 e. The molecule has 2 N–H and O–H groups in total. The number of hydrogen-bond acceptors (Lipinski definition) is 2. The molecule has 0 heterocycles. The van der Waals surface area contributed by atoms with Crippen molar-refractivity contribution in [2.75, 3.05) is 5.73 Å². The first-order chi connectivity index (χ1) is 10.1. The molecule has 0 saturated heterocycles. The standard InChI is InChI=1S/C17H17IN2O/c18-14-3-1-2-13(10-14)17(21)20(16-8-9-16)11-12-4-6-15(19)7-5-12/h1-7,10,16H,8-9,11,19H2. The number of rotatable bonds is 4. The van der Waals surface area contributed by atoms with Gasteiger partial charge in [0.1, 0.15) is 0 Å². The topological polar surface area (TPSA) is 46.3 Å². The molecular weight excluding hydrogens is 375 g/mol. The van der Waals surface area contributed by atoms with Gasteiger partial charge in [0.2, 0.25) is 0 Å². The second kappa shape index (κ2) is 6.05. The summed E-state index contributed by atoms with van der Waals surface area (Å²) >= 11 is 2.24. The number of amides is 1. The van der Waals surface area contributed by atoms with Crippen LogP contribution in [0.25, 0.3) is 0 Å². The first-order valence-corrected chi connectivity index (χ1v) is 8.12. The lowest BCUT2D eigenvalue weighted by molar-refractivity contribution is 0.0730. The molecule has 1 amide bonds. The maximum atomic E-state index is 12.7. The molecule has 1 aliphatic rings. The summed E-state index contributed by atoms with van der Waals surface area (Å²) in [6.07, 6.45) is 2.20. The Morgan fingerprint density at radius 2 is 1.90 bits per heavy atom. The highest BCUT2D eigenvalue weighted by molar-refractivity contribution is 14.1. The maximum absolute atomic E-state index is 12.7. The number of nitrogen functional groups attached to an aromatic ring is 1. The molecule has 1 aliphatic carbocycles. The van der Waals surface area contributed by atoms with E-state index in [1.165, 1.54) is 0 Å². The lowest BCUT2D eigenvalue weighted by Gasteiger charge is -2.23. The minimum atomic E-state index is 0.118. The number of hydrogen-bond donors (Lipinski definition) is 1. The summed E-state index contributed by atoms with van der Waals surface area (Å²) in [6, 6.07) is 15.9. The highest BCUT2D eigenvalue weighted by Crippen LogP contribution is 2.30. The quantitative estimate of drug-likeness (QED) is 0.638. The summed E-state index contributed by atoms with van der Waals surface area (Å²) in [5, 5.41) is 0. The van der Waals surface area contributed by atoms with E-state index in [-0.39, 0.29) is 5.91 Å². The highest BCUT2D eigenvalue weighted by Gasteiger charge is 2.33. The molecule has 0 unspecified atom stereocenters. The van der Waals surface area contributed by atoms with Crippen molar-refractivity contribution in [1.82, 2.24) is 4.90 Å². The van der Waals surface area contributed by atoms with E-state index in [0.29, 0.717) is 12.6 Å². The summed E-state index contributed by atoms with van der Waals surface area (Å²) in [7, 11) is 0. The zero-order valence-corrected chi connectivity index (χ0v) is 13.8. The van der Waals surface area contributed by atoms with Gasteiger partial charge < -0.3 is 10.6 Å². The van der Waals surface area contributed by atoms with Gasteiger partial charge in [-0.2, -0.15) is 0 Å². The number of carbonyl (C=O) groups excluding carboxylic acids is 1. The predicted octanol–water partition coefficient (Wildman–Crippen LogP) is 3.68. The first kappa shape index (κ1) is 14.4. The van der Waals surface area contributed by atoms with Crippen LogP contribution in [0.3, 0.4) is 0 Å². The SMILES string of the molecule is Nc1ccc(CN(C(=O)c2cccc(I)c2)C2CC2)cc1. The fraction of sp³-hybridized carbons (Fsp3) is 0.235. The van der Waals surface area contributed by atoms with Crippen LogP contribution < -0.4 is 5.73 Å². The van der Waals surface area contributed by atoms with Gasteiger partial charge in [0, 0.05) is 27.4 Å². The summed E-state index contributed by atoms with van der Waals surface area (Å²) < 4.78 is 1.08. The number of anilines is 1. The Morgan fingerprint density at radius 1 is 1.19 bits per heavy atom. The zero-order valence-electron chi connectivity index (χ0n) is 11.6. The van der Waals surface area contributed by atoms with Crippen molar-refractivity contribution in [2.45, 2.75) is 25.4 Å². The summed E-state index contributed by atoms with van der Waals surface area (Å²) in [5.74, 6) is 0.118. The van der Waals surface area contributed by atoms with Gasteiger partial charge >= 0.3 is 0 Å². The average Bonchev–Trinajstić information content (AvgIpc) is 3.30. The van der Waals surface area contributed by atoms with Crippen LogP contribution in [0, 0.1) is 3.57 Å². The molecule has 1 fully saturated rings. The molecule has 0 atom stereocenters.